The summed E-state index contributed by atoms with van der Waals surface area (Å²) in [5.41, 5.74) is 4.10. The highest BCUT2D eigenvalue weighted by molar-refractivity contribution is 5.88. The Kier molecular flexibility index (Phi) is 8.88. The number of likely N-dealkylation sites (tertiary alicyclic amines) is 1. The number of aromatic nitrogens is 2. The number of rotatable bonds is 5. The van der Waals surface area contributed by atoms with E-state index in [9.17, 15) is 19.2 Å². The van der Waals surface area contributed by atoms with Crippen molar-refractivity contribution < 1.29 is 28.7 Å². The number of hydrazine groups is 1. The van der Waals surface area contributed by atoms with Crippen LogP contribution in [-0.2, 0) is 25.5 Å². The van der Waals surface area contributed by atoms with E-state index in [1.54, 1.807) is 46.4 Å². The van der Waals surface area contributed by atoms with Gasteiger partial charge < -0.3 is 24.7 Å². The van der Waals surface area contributed by atoms with Crippen molar-refractivity contribution in [3.05, 3.63) is 18.2 Å². The number of amides is 4. The smallest absolute Gasteiger partial charge is 0.410 e. The minimum absolute atomic E-state index is 0.120. The zero-order chi connectivity index (χ0) is 25.5. The van der Waals surface area contributed by atoms with Gasteiger partial charge in [0.1, 0.15) is 17.2 Å². The SMILES string of the molecule is CC(C)(C)OC(=O)NC(Cc1cnc[nH]1)C(=O)NNC(=O)C1CCN(C(=O)OC(C)(C)C)CC1. The predicted octanol–water partition coefficient (Wildman–Crippen LogP) is 1.64. The summed E-state index contributed by atoms with van der Waals surface area (Å²) >= 11 is 0. The van der Waals surface area contributed by atoms with Crippen molar-refractivity contribution >= 4 is 24.0 Å². The van der Waals surface area contributed by atoms with Crippen LogP contribution in [0.5, 0.6) is 0 Å². The minimum atomic E-state index is -1.01. The average Bonchev–Trinajstić information content (AvgIpc) is 3.22. The van der Waals surface area contributed by atoms with Gasteiger partial charge in [-0.15, -0.1) is 0 Å². The Morgan fingerprint density at radius 2 is 1.68 bits per heavy atom. The Morgan fingerprint density at radius 3 is 2.21 bits per heavy atom. The van der Waals surface area contributed by atoms with Gasteiger partial charge in [-0.3, -0.25) is 20.4 Å². The molecule has 1 fully saturated rings. The summed E-state index contributed by atoms with van der Waals surface area (Å²) in [5.74, 6) is -1.35. The molecular formula is C22H36N6O6. The maximum atomic E-state index is 12.7. The normalized spacial score (nSPS) is 15.8. The van der Waals surface area contributed by atoms with Gasteiger partial charge in [0.25, 0.3) is 5.91 Å². The van der Waals surface area contributed by atoms with Crippen molar-refractivity contribution in [2.45, 2.75) is 78.0 Å². The Morgan fingerprint density at radius 1 is 1.06 bits per heavy atom. The van der Waals surface area contributed by atoms with Gasteiger partial charge in [0.05, 0.1) is 6.33 Å². The van der Waals surface area contributed by atoms with Crippen LogP contribution in [-0.4, -0.2) is 69.2 Å². The van der Waals surface area contributed by atoms with Gasteiger partial charge in [0, 0.05) is 37.3 Å². The van der Waals surface area contributed by atoms with Crippen LogP contribution in [0.15, 0.2) is 12.5 Å². The number of alkyl carbamates (subject to hydrolysis) is 1. The molecule has 0 aliphatic carbocycles. The number of aromatic amines is 1. The zero-order valence-electron chi connectivity index (χ0n) is 20.7. The fourth-order valence-corrected chi connectivity index (χ4v) is 3.24. The van der Waals surface area contributed by atoms with E-state index in [0.29, 0.717) is 31.6 Å². The topological polar surface area (TPSA) is 155 Å². The summed E-state index contributed by atoms with van der Waals surface area (Å²) in [7, 11) is 0. The summed E-state index contributed by atoms with van der Waals surface area (Å²) in [4.78, 5) is 58.0. The highest BCUT2D eigenvalue weighted by Crippen LogP contribution is 2.19. The van der Waals surface area contributed by atoms with Gasteiger partial charge in [-0.1, -0.05) is 0 Å². The third-order valence-corrected chi connectivity index (χ3v) is 4.81. The van der Waals surface area contributed by atoms with Gasteiger partial charge in [0.2, 0.25) is 5.91 Å². The van der Waals surface area contributed by atoms with Crippen molar-refractivity contribution in [3.8, 4) is 0 Å². The van der Waals surface area contributed by atoms with Gasteiger partial charge in [-0.05, 0) is 54.4 Å². The quantitative estimate of drug-likeness (QED) is 0.467. The summed E-state index contributed by atoms with van der Waals surface area (Å²) < 4.78 is 10.6. The molecule has 0 bridgehead atoms. The first-order chi connectivity index (χ1) is 15.7. The van der Waals surface area contributed by atoms with Crippen LogP contribution in [0.4, 0.5) is 9.59 Å². The molecule has 190 valence electrons. The Balaban J connectivity index is 1.87. The standard InChI is InChI=1S/C22H36N6O6/c1-21(2,3)33-19(31)25-16(11-15-12-23-13-24-15)18(30)27-26-17(29)14-7-9-28(10-8-14)20(32)34-22(4,5)6/h12-14,16H,7-11H2,1-6H3,(H,23,24)(H,25,31)(H,26,29)(H,27,30). The molecular weight excluding hydrogens is 444 g/mol. The lowest BCUT2D eigenvalue weighted by molar-refractivity contribution is -0.133. The van der Waals surface area contributed by atoms with Gasteiger partial charge >= 0.3 is 12.2 Å². The molecule has 1 unspecified atom stereocenters. The van der Waals surface area contributed by atoms with E-state index in [0.717, 1.165) is 0 Å². The molecule has 0 aromatic carbocycles. The molecule has 4 amide bonds. The number of nitrogens with one attached hydrogen (secondary N) is 4. The van der Waals surface area contributed by atoms with Crippen LogP contribution < -0.4 is 16.2 Å². The number of piperidine rings is 1. The number of nitrogens with zero attached hydrogens (tertiary/aromatic N) is 2. The van der Waals surface area contributed by atoms with Crippen molar-refractivity contribution in [2.24, 2.45) is 5.92 Å². The molecule has 12 heteroatoms. The van der Waals surface area contributed by atoms with E-state index in [-0.39, 0.29) is 18.2 Å². The van der Waals surface area contributed by atoms with Gasteiger partial charge in [-0.25, -0.2) is 14.6 Å². The van der Waals surface area contributed by atoms with E-state index in [2.05, 4.69) is 26.1 Å². The number of hydrogen-bond acceptors (Lipinski definition) is 7. The number of H-pyrrole nitrogens is 1. The number of carbonyl (C=O) groups is 4. The highest BCUT2D eigenvalue weighted by Gasteiger charge is 2.31. The summed E-state index contributed by atoms with van der Waals surface area (Å²) in [6.45, 7) is 11.3. The van der Waals surface area contributed by atoms with Crippen LogP contribution in [0.1, 0.15) is 60.1 Å². The molecule has 0 saturated carbocycles. The Labute approximate surface area is 199 Å². The van der Waals surface area contributed by atoms with Gasteiger partial charge in [-0.2, -0.15) is 0 Å². The van der Waals surface area contributed by atoms with Crippen LogP contribution in [0.3, 0.4) is 0 Å². The molecule has 2 heterocycles. The third kappa shape index (κ3) is 9.28. The molecule has 2 rings (SSSR count). The van der Waals surface area contributed by atoms with Crippen LogP contribution in [0.2, 0.25) is 0 Å². The van der Waals surface area contributed by atoms with E-state index in [1.807, 2.05) is 0 Å². The highest BCUT2D eigenvalue weighted by atomic mass is 16.6. The first kappa shape index (κ1) is 26.9. The molecule has 0 radical (unpaired) electrons. The molecule has 34 heavy (non-hydrogen) atoms. The van der Waals surface area contributed by atoms with Crippen molar-refractivity contribution in [1.29, 1.82) is 0 Å². The molecule has 1 aromatic heterocycles. The molecule has 1 atom stereocenters. The van der Waals surface area contributed by atoms with Crippen LogP contribution in [0.25, 0.3) is 0 Å². The fraction of sp³-hybridized carbons (Fsp3) is 0.682. The lowest BCUT2D eigenvalue weighted by atomic mass is 9.96. The first-order valence-electron chi connectivity index (χ1n) is 11.3. The van der Waals surface area contributed by atoms with Crippen molar-refractivity contribution in [1.82, 2.24) is 31.0 Å². The minimum Gasteiger partial charge on any atom is -0.444 e. The molecule has 4 N–H and O–H groups in total. The molecule has 12 nitrogen and oxygen atoms in total. The average molecular weight is 481 g/mol. The molecule has 1 saturated heterocycles. The fourth-order valence-electron chi connectivity index (χ4n) is 3.24. The lowest BCUT2D eigenvalue weighted by Gasteiger charge is -2.33. The Bertz CT molecular complexity index is 850. The lowest BCUT2D eigenvalue weighted by Crippen LogP contribution is -2.55. The number of carbonyl (C=O) groups excluding carboxylic acids is 4. The van der Waals surface area contributed by atoms with Gasteiger partial charge in [0.15, 0.2) is 0 Å². The summed E-state index contributed by atoms with van der Waals surface area (Å²) in [6, 6.07) is -1.01. The Hall–Kier alpha value is -3.31. The number of imidazole rings is 1. The second kappa shape index (κ2) is 11.2. The van der Waals surface area contributed by atoms with E-state index in [4.69, 9.17) is 9.47 Å². The monoisotopic (exact) mass is 480 g/mol. The third-order valence-electron chi connectivity index (χ3n) is 4.81. The summed E-state index contributed by atoms with van der Waals surface area (Å²) in [6.07, 6.45) is 2.83. The maximum Gasteiger partial charge on any atom is 0.410 e. The molecule has 1 aliphatic rings. The van der Waals surface area contributed by atoms with Crippen LogP contribution in [0, 0.1) is 5.92 Å². The second-order valence-electron chi connectivity index (χ2n) is 10.2. The first-order valence-corrected chi connectivity index (χ1v) is 11.3. The second-order valence-corrected chi connectivity index (χ2v) is 10.2. The maximum absolute atomic E-state index is 12.7. The van der Waals surface area contributed by atoms with Crippen LogP contribution >= 0.6 is 0 Å². The number of ether oxygens (including phenoxy) is 2. The largest absolute Gasteiger partial charge is 0.444 e. The van der Waals surface area contributed by atoms with E-state index in [1.165, 1.54) is 12.5 Å². The number of hydrogen-bond donors (Lipinski definition) is 4. The van der Waals surface area contributed by atoms with E-state index < -0.39 is 35.3 Å². The van der Waals surface area contributed by atoms with Crippen molar-refractivity contribution in [2.75, 3.05) is 13.1 Å². The zero-order valence-corrected chi connectivity index (χ0v) is 20.7. The molecule has 1 aliphatic heterocycles. The van der Waals surface area contributed by atoms with Crippen molar-refractivity contribution in [3.63, 3.8) is 0 Å². The molecule has 1 aromatic rings. The van der Waals surface area contributed by atoms with E-state index >= 15 is 0 Å². The summed E-state index contributed by atoms with van der Waals surface area (Å²) in [5, 5.41) is 2.52. The molecule has 0 spiro atoms. The predicted molar refractivity (Wildman–Crippen MR) is 122 cm³/mol.